The molecule has 102 valence electrons. The second-order valence-corrected chi connectivity index (χ2v) is 4.00. The quantitative estimate of drug-likeness (QED) is 0.446. The Morgan fingerprint density at radius 2 is 2.47 bits per heavy atom. The number of nitrogens with one attached hydrogen (secondary N) is 1. The fraction of sp³-hybridized carbons (Fsp3) is 0.556. The zero-order valence-electron chi connectivity index (χ0n) is 9.61. The van der Waals surface area contributed by atoms with Gasteiger partial charge >= 0.3 is 5.69 Å². The zero-order chi connectivity index (χ0) is 14.0. The Kier molecular flexibility index (Phi) is 3.38. The number of halogens is 1. The summed E-state index contributed by atoms with van der Waals surface area (Å²) in [5.41, 5.74) is 6.43. The molecule has 1 fully saturated rings. The third kappa shape index (κ3) is 2.24. The van der Waals surface area contributed by atoms with E-state index in [1.807, 2.05) is 0 Å². The first-order valence-electron chi connectivity index (χ1n) is 5.39. The molecule has 2 atom stereocenters. The number of aromatic nitrogens is 2. The number of hydrogen-bond donors (Lipinski definition) is 2. The maximum absolute atomic E-state index is 13.3. The van der Waals surface area contributed by atoms with Crippen molar-refractivity contribution >= 4 is 0 Å². The van der Waals surface area contributed by atoms with Crippen LogP contribution in [0.1, 0.15) is 12.8 Å². The van der Waals surface area contributed by atoms with Crippen molar-refractivity contribution in [1.29, 1.82) is 0 Å². The van der Waals surface area contributed by atoms with Crippen LogP contribution in [0.3, 0.4) is 0 Å². The first-order valence-corrected chi connectivity index (χ1v) is 5.39. The molecule has 0 aromatic carbocycles. The highest BCUT2D eigenvalue weighted by molar-refractivity contribution is 4.94. The van der Waals surface area contributed by atoms with Crippen LogP contribution >= 0.6 is 0 Å². The van der Waals surface area contributed by atoms with Crippen LogP contribution in [0, 0.1) is 5.82 Å². The van der Waals surface area contributed by atoms with Crippen LogP contribution in [0.15, 0.2) is 20.9 Å². The molecule has 9 nitrogen and oxygen atoms in total. The summed E-state index contributed by atoms with van der Waals surface area (Å²) in [6.45, 7) is -0.330. The van der Waals surface area contributed by atoms with E-state index in [1.54, 1.807) is 4.98 Å². The molecule has 1 aromatic rings. The van der Waals surface area contributed by atoms with Gasteiger partial charge in [0.1, 0.15) is 0 Å². The van der Waals surface area contributed by atoms with E-state index in [1.165, 1.54) is 0 Å². The molecule has 10 heteroatoms. The standard InChI is InChI=1S/C9H10FN5O4/c10-6-3-15(8(18)12-7(6)17)9(13-14-11)2-1-5(4-16)19-9/h3,5,16H,1-2,4H2,(H,12,17,18)/t5-,9-/m0/s1. The highest BCUT2D eigenvalue weighted by Gasteiger charge is 2.42. The fourth-order valence-electron chi connectivity index (χ4n) is 1.94. The number of aliphatic hydroxyl groups excluding tert-OH is 1. The average molecular weight is 271 g/mol. The van der Waals surface area contributed by atoms with E-state index in [9.17, 15) is 14.0 Å². The first kappa shape index (κ1) is 13.3. The van der Waals surface area contributed by atoms with Crippen LogP contribution in [0.2, 0.25) is 0 Å². The van der Waals surface area contributed by atoms with E-state index >= 15 is 0 Å². The number of H-pyrrole nitrogens is 1. The number of azide groups is 1. The smallest absolute Gasteiger partial charge is 0.330 e. The minimum atomic E-state index is -1.77. The van der Waals surface area contributed by atoms with Gasteiger partial charge < -0.3 is 9.84 Å². The van der Waals surface area contributed by atoms with Crippen LogP contribution in [0.5, 0.6) is 0 Å². The highest BCUT2D eigenvalue weighted by atomic mass is 19.1. The highest BCUT2D eigenvalue weighted by Crippen LogP contribution is 2.35. The van der Waals surface area contributed by atoms with Gasteiger partial charge in [0.15, 0.2) is 0 Å². The minimum absolute atomic E-state index is 0.0771. The lowest BCUT2D eigenvalue weighted by molar-refractivity contribution is -0.109. The Labute approximate surface area is 104 Å². The number of aliphatic hydroxyl groups is 1. The minimum Gasteiger partial charge on any atom is -0.394 e. The molecule has 0 amide bonds. The van der Waals surface area contributed by atoms with E-state index in [0.717, 1.165) is 0 Å². The molecule has 1 aliphatic rings. The Bertz CT molecular complexity index is 649. The van der Waals surface area contributed by atoms with Crippen molar-refractivity contribution < 1.29 is 14.2 Å². The lowest BCUT2D eigenvalue weighted by Gasteiger charge is -2.25. The van der Waals surface area contributed by atoms with Crippen LogP contribution in [-0.2, 0) is 10.6 Å². The molecule has 1 aromatic heterocycles. The Hall–Kier alpha value is -2.16. The van der Waals surface area contributed by atoms with Crippen molar-refractivity contribution in [2.24, 2.45) is 5.11 Å². The summed E-state index contributed by atoms with van der Waals surface area (Å²) in [6.07, 6.45) is 0.388. The van der Waals surface area contributed by atoms with Gasteiger partial charge in [-0.05, 0) is 17.1 Å². The second-order valence-electron chi connectivity index (χ2n) is 4.00. The Morgan fingerprint density at radius 3 is 3.05 bits per heavy atom. The summed E-state index contributed by atoms with van der Waals surface area (Å²) < 4.78 is 19.2. The Balaban J connectivity index is 2.58. The molecule has 0 aliphatic carbocycles. The summed E-state index contributed by atoms with van der Waals surface area (Å²) >= 11 is 0. The van der Waals surface area contributed by atoms with Crippen LogP contribution in [0.4, 0.5) is 4.39 Å². The van der Waals surface area contributed by atoms with E-state index in [-0.39, 0.29) is 13.0 Å². The molecule has 2 N–H and O–H groups in total. The normalized spacial score (nSPS) is 26.1. The van der Waals surface area contributed by atoms with Gasteiger partial charge in [-0.15, -0.1) is 0 Å². The molecule has 2 heterocycles. The molecule has 0 saturated carbocycles. The predicted octanol–water partition coefficient (Wildman–Crippen LogP) is -0.232. The predicted molar refractivity (Wildman–Crippen MR) is 59.6 cm³/mol. The van der Waals surface area contributed by atoms with E-state index < -0.39 is 29.0 Å². The SMILES string of the molecule is [N-]=[N+]=N[C@]1(n2cc(F)c(=O)[nH]c2=O)CC[C@@H](CO)O1. The van der Waals surface area contributed by atoms with Gasteiger partial charge in [-0.25, -0.2) is 4.79 Å². The second kappa shape index (κ2) is 4.84. The molecule has 0 bridgehead atoms. The van der Waals surface area contributed by atoms with Crippen LogP contribution in [0.25, 0.3) is 10.4 Å². The lowest BCUT2D eigenvalue weighted by atomic mass is 10.2. The van der Waals surface area contributed by atoms with Gasteiger partial charge in [-0.1, -0.05) is 0 Å². The maximum atomic E-state index is 13.3. The van der Waals surface area contributed by atoms with Gasteiger partial charge in [0.05, 0.1) is 18.9 Å². The largest absolute Gasteiger partial charge is 0.394 e. The van der Waals surface area contributed by atoms with Crippen molar-refractivity contribution in [2.75, 3.05) is 6.61 Å². The van der Waals surface area contributed by atoms with Crippen molar-refractivity contribution in [3.8, 4) is 0 Å². The van der Waals surface area contributed by atoms with Crippen molar-refractivity contribution in [2.45, 2.75) is 24.8 Å². The monoisotopic (exact) mass is 271 g/mol. The van der Waals surface area contributed by atoms with Gasteiger partial charge in [-0.3, -0.25) is 14.3 Å². The lowest BCUT2D eigenvalue weighted by Crippen LogP contribution is -2.43. The third-order valence-corrected chi connectivity index (χ3v) is 2.83. The molecule has 2 rings (SSSR count). The summed E-state index contributed by atoms with van der Waals surface area (Å²) in [6, 6.07) is 0. The van der Waals surface area contributed by atoms with E-state index in [4.69, 9.17) is 15.4 Å². The Morgan fingerprint density at radius 1 is 1.74 bits per heavy atom. The van der Waals surface area contributed by atoms with E-state index in [0.29, 0.717) is 17.2 Å². The molecular weight excluding hydrogens is 261 g/mol. The van der Waals surface area contributed by atoms with Crippen LogP contribution in [-0.4, -0.2) is 27.4 Å². The van der Waals surface area contributed by atoms with Crippen molar-refractivity contribution in [1.82, 2.24) is 9.55 Å². The van der Waals surface area contributed by atoms with Gasteiger partial charge in [0.2, 0.25) is 11.7 Å². The molecule has 1 aliphatic heterocycles. The zero-order valence-corrected chi connectivity index (χ0v) is 9.61. The molecule has 0 radical (unpaired) electrons. The summed E-state index contributed by atoms with van der Waals surface area (Å²) in [5, 5.41) is 12.4. The third-order valence-electron chi connectivity index (χ3n) is 2.83. The summed E-state index contributed by atoms with van der Waals surface area (Å²) in [4.78, 5) is 27.0. The molecule has 0 spiro atoms. The number of nitrogens with zero attached hydrogens (tertiary/aromatic N) is 4. The number of hydrogen-bond acceptors (Lipinski definition) is 5. The summed E-state index contributed by atoms with van der Waals surface area (Å²) in [7, 11) is 0. The molecule has 19 heavy (non-hydrogen) atoms. The molecular formula is C9H10FN5O4. The van der Waals surface area contributed by atoms with Crippen molar-refractivity contribution in [3.05, 3.63) is 43.3 Å². The average Bonchev–Trinajstić information content (AvgIpc) is 2.79. The van der Waals surface area contributed by atoms with Gasteiger partial charge in [0.25, 0.3) is 5.56 Å². The summed E-state index contributed by atoms with van der Waals surface area (Å²) in [5.74, 6) is -2.98. The van der Waals surface area contributed by atoms with E-state index in [2.05, 4.69) is 10.0 Å². The molecule has 1 saturated heterocycles. The van der Waals surface area contributed by atoms with Gasteiger partial charge in [-0.2, -0.15) is 4.39 Å². The fourth-order valence-corrected chi connectivity index (χ4v) is 1.94. The number of rotatable bonds is 3. The number of ether oxygens (including phenoxy) is 1. The first-order chi connectivity index (χ1) is 9.02. The van der Waals surface area contributed by atoms with Crippen LogP contribution < -0.4 is 11.2 Å². The van der Waals surface area contributed by atoms with Crippen molar-refractivity contribution in [3.63, 3.8) is 0 Å². The topological polar surface area (TPSA) is 133 Å². The number of aromatic amines is 1. The van der Waals surface area contributed by atoms with Gasteiger partial charge in [0, 0.05) is 11.3 Å². The maximum Gasteiger partial charge on any atom is 0.330 e. The molecule has 0 unspecified atom stereocenters.